The molecule has 4 aromatic carbocycles. The molecule has 2 heterocycles. The van der Waals surface area contributed by atoms with Crippen LogP contribution >= 0.6 is 15.9 Å². The zero-order valence-electron chi connectivity index (χ0n) is 35.5. The summed E-state index contributed by atoms with van der Waals surface area (Å²) in [6.07, 6.45) is 5.04. The van der Waals surface area contributed by atoms with Gasteiger partial charge in [-0.15, -0.1) is 0 Å². The maximum Gasteiger partial charge on any atom is 0.488 e. The average Bonchev–Trinajstić information content (AvgIpc) is 3.26. The van der Waals surface area contributed by atoms with Gasteiger partial charge in [0.25, 0.3) is 34.4 Å². The first kappa shape index (κ1) is 56.3. The van der Waals surface area contributed by atoms with E-state index in [1.807, 2.05) is 54.6 Å². The second-order valence-electron chi connectivity index (χ2n) is 13.0. The number of nitro benzene ring substituents is 2. The summed E-state index contributed by atoms with van der Waals surface area (Å²) in [5.74, 6) is -0.207. The molecule has 18 nitrogen and oxygen atoms in total. The SMILES string of the molecule is CC(=O)O.CC(=O)O.COc1ccc(CCn2ccccc2=O)cc1-c1cccc([N+](=O)[O-])c1.COc1ccc(CCn2ccccc2=O)cc1Br.O=[N+]([O-])c1cccc(B(O)O)c1.[Pd]. The molecule has 0 aliphatic carbocycles. The van der Waals surface area contributed by atoms with Gasteiger partial charge < -0.3 is 38.9 Å². The van der Waals surface area contributed by atoms with Gasteiger partial charge in [0.05, 0.1) is 28.5 Å². The number of aliphatic carboxylic acids is 2. The molecule has 2 aromatic heterocycles. The van der Waals surface area contributed by atoms with Crippen molar-refractivity contribution in [1.82, 2.24) is 9.13 Å². The van der Waals surface area contributed by atoms with Crippen LogP contribution in [0.2, 0.25) is 0 Å². The van der Waals surface area contributed by atoms with Gasteiger partial charge in [0.1, 0.15) is 11.5 Å². The molecule has 0 radical (unpaired) electrons. The monoisotopic (exact) mass is 1050 g/mol. The van der Waals surface area contributed by atoms with Crippen LogP contribution in [0, 0.1) is 20.2 Å². The summed E-state index contributed by atoms with van der Waals surface area (Å²) in [6, 6.07) is 33.6. The number of nitrogens with zero attached hydrogens (tertiary/aromatic N) is 4. The zero-order chi connectivity index (χ0) is 47.8. The third-order valence-corrected chi connectivity index (χ3v) is 8.93. The third kappa shape index (κ3) is 21.0. The largest absolute Gasteiger partial charge is 0.496 e. The molecule has 0 aliphatic rings. The summed E-state index contributed by atoms with van der Waals surface area (Å²) >= 11 is 3.45. The Hall–Kier alpha value is -6.75. The van der Waals surface area contributed by atoms with Crippen LogP contribution in [0.4, 0.5) is 11.4 Å². The van der Waals surface area contributed by atoms with Crippen LogP contribution in [0.1, 0.15) is 25.0 Å². The quantitative estimate of drug-likeness (QED) is 0.0624. The number of carboxylic acid groups (broad SMARTS) is 2. The van der Waals surface area contributed by atoms with Gasteiger partial charge in [0.2, 0.25) is 0 Å². The normalized spacial score (nSPS) is 9.58. The molecule has 0 aliphatic heterocycles. The van der Waals surface area contributed by atoms with E-state index in [1.54, 1.807) is 60.0 Å². The maximum atomic E-state index is 11.8. The van der Waals surface area contributed by atoms with Crippen molar-refractivity contribution in [2.24, 2.45) is 0 Å². The first-order valence-corrected chi connectivity index (χ1v) is 19.7. The van der Waals surface area contributed by atoms with E-state index in [0.29, 0.717) is 25.3 Å². The van der Waals surface area contributed by atoms with Crippen molar-refractivity contribution in [2.75, 3.05) is 14.2 Å². The number of carboxylic acids is 2. The molecule has 0 saturated heterocycles. The van der Waals surface area contributed by atoms with E-state index in [-0.39, 0.29) is 48.4 Å². The Morgan fingerprint density at radius 1 is 0.646 bits per heavy atom. The van der Waals surface area contributed by atoms with E-state index >= 15 is 0 Å². The van der Waals surface area contributed by atoms with Crippen LogP contribution in [0.3, 0.4) is 0 Å². The van der Waals surface area contributed by atoms with Crippen LogP contribution in [0.5, 0.6) is 11.5 Å². The van der Waals surface area contributed by atoms with Crippen LogP contribution in [-0.2, 0) is 55.9 Å². The van der Waals surface area contributed by atoms with Crippen molar-refractivity contribution >= 4 is 51.8 Å². The van der Waals surface area contributed by atoms with Gasteiger partial charge in [-0.05, 0) is 87.3 Å². The molecule has 0 fully saturated rings. The Labute approximate surface area is 395 Å². The van der Waals surface area contributed by atoms with E-state index in [9.17, 15) is 29.8 Å². The van der Waals surface area contributed by atoms with Gasteiger partial charge in [0, 0.05) is 102 Å². The second kappa shape index (κ2) is 29.6. The number of aromatic nitrogens is 2. The minimum Gasteiger partial charge on any atom is -0.496 e. The minimum atomic E-state index is -1.66. The van der Waals surface area contributed by atoms with Gasteiger partial charge in [-0.1, -0.05) is 48.5 Å². The molecule has 4 N–H and O–H groups in total. The summed E-state index contributed by atoms with van der Waals surface area (Å²) in [5, 5.41) is 53.4. The molecule has 0 bridgehead atoms. The van der Waals surface area contributed by atoms with Crippen molar-refractivity contribution < 1.29 is 69.6 Å². The standard InChI is InChI=1S/C20H18N2O4.C14H14BrNO2.C6H6BNO4.2C2H4O2.Pd/c1-26-19-9-8-15(10-12-21-11-3-2-7-20(21)23)13-18(19)16-5-4-6-17(14-16)22(24)25;1-18-13-6-5-11(10-12(13)15)7-9-16-8-3-2-4-14(16)17;9-7(10)5-2-1-3-6(4-5)8(11)12;2*1-2(3)4;/h2-9,11,13-14H,10,12H2,1H3;2-6,8,10H,7,9H2,1H3;1-4,9-10H;2*1H3,(H,3,4);. The van der Waals surface area contributed by atoms with Crippen molar-refractivity contribution in [1.29, 1.82) is 0 Å². The first-order chi connectivity index (χ1) is 30.4. The molecule has 0 amide bonds. The number of carbonyl (C=O) groups is 2. The van der Waals surface area contributed by atoms with Gasteiger partial charge in [0.15, 0.2) is 0 Å². The number of rotatable bonds is 12. The fourth-order valence-corrected chi connectivity index (χ4v) is 5.97. The second-order valence-corrected chi connectivity index (χ2v) is 13.9. The summed E-state index contributed by atoms with van der Waals surface area (Å²) in [6.45, 7) is 3.40. The number of pyridine rings is 2. The smallest absolute Gasteiger partial charge is 0.488 e. The number of hydrogen-bond donors (Lipinski definition) is 4. The van der Waals surface area contributed by atoms with Crippen molar-refractivity contribution in [2.45, 2.75) is 39.8 Å². The number of methoxy groups -OCH3 is 2. The van der Waals surface area contributed by atoms with E-state index in [0.717, 1.165) is 53.2 Å². The summed E-state index contributed by atoms with van der Waals surface area (Å²) in [7, 11) is 1.55. The van der Waals surface area contributed by atoms with Gasteiger partial charge >= 0.3 is 7.12 Å². The topological polar surface area (TPSA) is 264 Å². The first-order valence-electron chi connectivity index (χ1n) is 18.9. The molecule has 346 valence electrons. The van der Waals surface area contributed by atoms with E-state index < -0.39 is 28.9 Å². The van der Waals surface area contributed by atoms with Crippen LogP contribution in [0.15, 0.2) is 148 Å². The van der Waals surface area contributed by atoms with E-state index in [4.69, 9.17) is 39.3 Å². The minimum absolute atomic E-state index is 0. The van der Waals surface area contributed by atoms with Crippen molar-refractivity contribution in [3.63, 3.8) is 0 Å². The number of nitro groups is 2. The number of non-ortho nitro benzene ring substituents is 2. The number of hydrogen-bond acceptors (Lipinski definition) is 12. The molecule has 6 aromatic rings. The van der Waals surface area contributed by atoms with Crippen molar-refractivity contribution in [3.8, 4) is 22.6 Å². The van der Waals surface area contributed by atoms with Crippen LogP contribution in [-0.4, -0.2) is 72.5 Å². The average molecular weight is 1050 g/mol. The number of aryl methyl sites for hydroxylation is 4. The van der Waals surface area contributed by atoms with Gasteiger partial charge in [-0.3, -0.25) is 39.4 Å². The summed E-state index contributed by atoms with van der Waals surface area (Å²) in [5.41, 5.74) is 3.67. The van der Waals surface area contributed by atoms with Crippen LogP contribution in [0.25, 0.3) is 11.1 Å². The van der Waals surface area contributed by atoms with Crippen molar-refractivity contribution in [3.05, 3.63) is 190 Å². The summed E-state index contributed by atoms with van der Waals surface area (Å²) < 4.78 is 14.9. The van der Waals surface area contributed by atoms with Gasteiger partial charge in [-0.25, -0.2) is 0 Å². The number of halogens is 1. The Kier molecular flexibility index (Phi) is 25.6. The maximum absolute atomic E-state index is 11.8. The molecule has 0 saturated carbocycles. The molecule has 0 spiro atoms. The third-order valence-electron chi connectivity index (χ3n) is 8.31. The van der Waals surface area contributed by atoms with E-state index in [2.05, 4.69) is 15.9 Å². The molecular weight excluding hydrogens is 1010 g/mol. The molecule has 0 unspecified atom stereocenters. The Balaban J connectivity index is 0.000000470. The fourth-order valence-electron chi connectivity index (χ4n) is 5.38. The molecule has 0 atom stereocenters. The Morgan fingerprint density at radius 2 is 1.09 bits per heavy atom. The van der Waals surface area contributed by atoms with Crippen LogP contribution < -0.4 is 26.1 Å². The molecule has 21 heteroatoms. The predicted octanol–water partition coefficient (Wildman–Crippen LogP) is 5.99. The fraction of sp³-hybridized carbons (Fsp3) is 0.182. The zero-order valence-corrected chi connectivity index (χ0v) is 38.6. The molecular formula is C44H46BBrN4O14Pd. The predicted molar refractivity (Wildman–Crippen MR) is 244 cm³/mol. The van der Waals surface area contributed by atoms with Gasteiger partial charge in [-0.2, -0.15) is 0 Å². The number of benzene rings is 4. The van der Waals surface area contributed by atoms with E-state index in [1.165, 1.54) is 42.0 Å². The molecule has 65 heavy (non-hydrogen) atoms. The molecule has 6 rings (SSSR count). The Morgan fingerprint density at radius 3 is 1.52 bits per heavy atom. The Bertz CT molecular complexity index is 2590. The number of ether oxygens (including phenoxy) is 2. The summed E-state index contributed by atoms with van der Waals surface area (Å²) in [4.78, 5) is 61.6.